The molecule has 1 aliphatic rings. The van der Waals surface area contributed by atoms with Gasteiger partial charge in [0.25, 0.3) is 11.7 Å². The standard InChI is InChI=1S/C25H31N3O4/c1-4-16-32-20-11-9-18(10-12-20)23(29)21-22(19-8-7-13-26-17-19)28(25(31)24(21)30)15-14-27(5-2)6-3/h7-13,17,22,29H,4-6,14-16H2,1-3H3/b23-21+/t22-/m1/s1. The van der Waals surface area contributed by atoms with E-state index in [0.717, 1.165) is 19.5 Å². The minimum Gasteiger partial charge on any atom is -0.507 e. The lowest BCUT2D eigenvalue weighted by molar-refractivity contribution is -0.140. The van der Waals surface area contributed by atoms with Gasteiger partial charge >= 0.3 is 0 Å². The van der Waals surface area contributed by atoms with Crippen LogP contribution in [0.5, 0.6) is 5.75 Å². The molecule has 1 fully saturated rings. The van der Waals surface area contributed by atoms with Crippen molar-refractivity contribution in [2.45, 2.75) is 33.2 Å². The first-order valence-electron chi connectivity index (χ1n) is 11.2. The zero-order valence-corrected chi connectivity index (χ0v) is 19.0. The molecule has 7 heteroatoms. The summed E-state index contributed by atoms with van der Waals surface area (Å²) in [7, 11) is 0. The first-order valence-corrected chi connectivity index (χ1v) is 11.2. The predicted octanol–water partition coefficient (Wildman–Crippen LogP) is 3.63. The maximum absolute atomic E-state index is 13.0. The third-order valence-electron chi connectivity index (χ3n) is 5.69. The van der Waals surface area contributed by atoms with Crippen LogP contribution in [-0.2, 0) is 9.59 Å². The topological polar surface area (TPSA) is 83.0 Å². The Balaban J connectivity index is 2.00. The van der Waals surface area contributed by atoms with E-state index in [1.54, 1.807) is 47.6 Å². The number of benzene rings is 1. The number of nitrogens with zero attached hydrogens (tertiary/aromatic N) is 3. The lowest BCUT2D eigenvalue weighted by Gasteiger charge is -2.28. The summed E-state index contributed by atoms with van der Waals surface area (Å²) >= 11 is 0. The second-order valence-electron chi connectivity index (χ2n) is 7.68. The highest BCUT2D eigenvalue weighted by Crippen LogP contribution is 2.39. The molecule has 170 valence electrons. The van der Waals surface area contributed by atoms with Gasteiger partial charge in [-0.25, -0.2) is 0 Å². The number of likely N-dealkylation sites (N-methyl/N-ethyl adjacent to an activating group) is 1. The van der Waals surface area contributed by atoms with Crippen molar-refractivity contribution in [2.24, 2.45) is 0 Å². The summed E-state index contributed by atoms with van der Waals surface area (Å²) in [5, 5.41) is 11.1. The third-order valence-corrected chi connectivity index (χ3v) is 5.69. The number of aromatic nitrogens is 1. The van der Waals surface area contributed by atoms with Crippen LogP contribution in [0.2, 0.25) is 0 Å². The van der Waals surface area contributed by atoms with E-state index in [9.17, 15) is 14.7 Å². The van der Waals surface area contributed by atoms with Gasteiger partial charge in [-0.05, 0) is 55.4 Å². The highest BCUT2D eigenvalue weighted by atomic mass is 16.5. The van der Waals surface area contributed by atoms with Crippen molar-refractivity contribution in [3.8, 4) is 5.75 Å². The molecule has 0 unspecified atom stereocenters. The number of ketones is 1. The van der Waals surface area contributed by atoms with Crippen molar-refractivity contribution in [3.63, 3.8) is 0 Å². The summed E-state index contributed by atoms with van der Waals surface area (Å²) in [4.78, 5) is 33.9. The molecule has 7 nitrogen and oxygen atoms in total. The number of ether oxygens (including phenoxy) is 1. The molecule has 2 aromatic rings. The molecule has 0 aliphatic carbocycles. The molecule has 0 spiro atoms. The summed E-state index contributed by atoms with van der Waals surface area (Å²) in [6.45, 7) is 9.47. The van der Waals surface area contributed by atoms with Crippen LogP contribution in [0.25, 0.3) is 5.76 Å². The molecule has 0 saturated carbocycles. The number of Topliss-reactive ketones (excluding diaryl/α,β-unsaturated/α-hetero) is 1. The Bertz CT molecular complexity index is 953. The van der Waals surface area contributed by atoms with E-state index >= 15 is 0 Å². The van der Waals surface area contributed by atoms with Gasteiger partial charge in [0, 0.05) is 31.0 Å². The molecule has 1 aromatic carbocycles. The van der Waals surface area contributed by atoms with E-state index in [4.69, 9.17) is 4.74 Å². The lowest BCUT2D eigenvalue weighted by atomic mass is 9.96. The minimum atomic E-state index is -0.685. The number of aliphatic hydroxyl groups excluding tert-OH is 1. The highest BCUT2D eigenvalue weighted by Gasteiger charge is 2.46. The van der Waals surface area contributed by atoms with Crippen molar-refractivity contribution in [2.75, 3.05) is 32.8 Å². The molecule has 2 heterocycles. The number of carbonyl (C=O) groups is 2. The van der Waals surface area contributed by atoms with Gasteiger partial charge in [0.05, 0.1) is 18.2 Å². The van der Waals surface area contributed by atoms with Gasteiger partial charge in [0.15, 0.2) is 0 Å². The van der Waals surface area contributed by atoms with Crippen LogP contribution < -0.4 is 4.74 Å². The molecular weight excluding hydrogens is 406 g/mol. The fourth-order valence-corrected chi connectivity index (χ4v) is 3.87. The first-order chi connectivity index (χ1) is 15.5. The van der Waals surface area contributed by atoms with E-state index in [1.807, 2.05) is 13.0 Å². The van der Waals surface area contributed by atoms with Gasteiger partial charge < -0.3 is 19.6 Å². The largest absolute Gasteiger partial charge is 0.507 e. The van der Waals surface area contributed by atoms with Crippen molar-refractivity contribution in [3.05, 3.63) is 65.5 Å². The summed E-state index contributed by atoms with van der Waals surface area (Å²) in [6, 6.07) is 9.80. The van der Waals surface area contributed by atoms with Crippen LogP contribution in [0.15, 0.2) is 54.4 Å². The Kier molecular flexibility index (Phi) is 8.00. The Hall–Kier alpha value is -3.19. The normalized spacial score (nSPS) is 17.9. The molecule has 1 aliphatic heterocycles. The monoisotopic (exact) mass is 437 g/mol. The molecule has 0 radical (unpaired) electrons. The van der Waals surface area contributed by atoms with Crippen LogP contribution in [0.1, 0.15) is 44.4 Å². The Morgan fingerprint density at radius 1 is 1.12 bits per heavy atom. The maximum atomic E-state index is 13.0. The molecule has 1 amide bonds. The number of hydrogen-bond acceptors (Lipinski definition) is 6. The van der Waals surface area contributed by atoms with Crippen molar-refractivity contribution in [1.82, 2.24) is 14.8 Å². The van der Waals surface area contributed by atoms with E-state index in [2.05, 4.69) is 23.7 Å². The number of likely N-dealkylation sites (tertiary alicyclic amines) is 1. The second-order valence-corrected chi connectivity index (χ2v) is 7.68. The van der Waals surface area contributed by atoms with Crippen LogP contribution in [0.4, 0.5) is 0 Å². The quantitative estimate of drug-likeness (QED) is 0.347. The molecule has 1 atom stereocenters. The molecule has 1 N–H and O–H groups in total. The second kappa shape index (κ2) is 10.9. The van der Waals surface area contributed by atoms with Crippen LogP contribution >= 0.6 is 0 Å². The molecule has 1 saturated heterocycles. The average molecular weight is 438 g/mol. The van der Waals surface area contributed by atoms with Gasteiger partial charge in [-0.1, -0.05) is 26.8 Å². The average Bonchev–Trinajstić information content (AvgIpc) is 3.08. The number of carbonyl (C=O) groups excluding carboxylic acids is 2. The predicted molar refractivity (Wildman–Crippen MR) is 123 cm³/mol. The third kappa shape index (κ3) is 4.99. The zero-order valence-electron chi connectivity index (χ0n) is 19.0. The minimum absolute atomic E-state index is 0.0878. The van der Waals surface area contributed by atoms with Crippen LogP contribution in [0, 0.1) is 0 Å². The summed E-state index contributed by atoms with van der Waals surface area (Å²) in [6.07, 6.45) is 4.17. The van der Waals surface area contributed by atoms with E-state index in [0.29, 0.717) is 36.6 Å². The number of rotatable bonds is 10. The van der Waals surface area contributed by atoms with E-state index in [-0.39, 0.29) is 11.3 Å². The van der Waals surface area contributed by atoms with Crippen LogP contribution in [0.3, 0.4) is 0 Å². The Morgan fingerprint density at radius 2 is 1.84 bits per heavy atom. The molecular formula is C25H31N3O4. The fourth-order valence-electron chi connectivity index (χ4n) is 3.87. The number of pyridine rings is 1. The Morgan fingerprint density at radius 3 is 2.44 bits per heavy atom. The number of aliphatic hydroxyl groups is 1. The molecule has 0 bridgehead atoms. The number of hydrogen-bond donors (Lipinski definition) is 1. The summed E-state index contributed by atoms with van der Waals surface area (Å²) < 4.78 is 5.60. The van der Waals surface area contributed by atoms with Gasteiger partial charge in [-0.2, -0.15) is 0 Å². The van der Waals surface area contributed by atoms with Gasteiger partial charge in [-0.3, -0.25) is 14.6 Å². The van der Waals surface area contributed by atoms with Gasteiger partial charge in [0.2, 0.25) is 0 Å². The fraction of sp³-hybridized carbons (Fsp3) is 0.400. The first kappa shape index (κ1) is 23.5. The SMILES string of the molecule is CCCOc1ccc(/C(O)=C2\C(=O)C(=O)N(CCN(CC)CC)[C@@H]2c2cccnc2)cc1. The maximum Gasteiger partial charge on any atom is 0.295 e. The highest BCUT2D eigenvalue weighted by molar-refractivity contribution is 6.46. The lowest BCUT2D eigenvalue weighted by Crippen LogP contribution is -2.38. The van der Waals surface area contributed by atoms with Crippen LogP contribution in [-0.4, -0.2) is 64.4 Å². The van der Waals surface area contributed by atoms with E-state index in [1.165, 1.54) is 0 Å². The summed E-state index contributed by atoms with van der Waals surface area (Å²) in [5.74, 6) is -0.783. The van der Waals surface area contributed by atoms with E-state index < -0.39 is 17.7 Å². The zero-order chi connectivity index (χ0) is 23.1. The van der Waals surface area contributed by atoms with Crippen molar-refractivity contribution >= 4 is 17.4 Å². The molecule has 32 heavy (non-hydrogen) atoms. The van der Waals surface area contributed by atoms with Gasteiger partial charge in [-0.15, -0.1) is 0 Å². The molecule has 1 aromatic heterocycles. The molecule has 3 rings (SSSR count). The summed E-state index contributed by atoms with van der Waals surface area (Å²) in [5.41, 5.74) is 1.24. The Labute approximate surface area is 189 Å². The van der Waals surface area contributed by atoms with Crippen molar-refractivity contribution < 1.29 is 19.4 Å². The number of amides is 1. The van der Waals surface area contributed by atoms with Crippen molar-refractivity contribution in [1.29, 1.82) is 0 Å². The van der Waals surface area contributed by atoms with Gasteiger partial charge in [0.1, 0.15) is 11.5 Å². The smallest absolute Gasteiger partial charge is 0.295 e.